The van der Waals surface area contributed by atoms with Gasteiger partial charge in [-0.2, -0.15) is 4.31 Å². The molecule has 0 radical (unpaired) electrons. The minimum absolute atomic E-state index is 0.00753. The highest BCUT2D eigenvalue weighted by atomic mass is 32.2. The van der Waals surface area contributed by atoms with Crippen LogP contribution in [0, 0.1) is 5.92 Å². The molecule has 0 saturated carbocycles. The van der Waals surface area contributed by atoms with E-state index in [0.29, 0.717) is 32.4 Å². The average Bonchev–Trinajstić information content (AvgIpc) is 3.13. The maximum Gasteiger partial charge on any atom is 0.243 e. The topological polar surface area (TPSA) is 86.8 Å². The van der Waals surface area contributed by atoms with Gasteiger partial charge in [-0.05, 0) is 55.5 Å². The summed E-state index contributed by atoms with van der Waals surface area (Å²) in [7, 11) is -3.72. The quantitative estimate of drug-likeness (QED) is 0.751. The maximum absolute atomic E-state index is 13.3. The zero-order valence-corrected chi connectivity index (χ0v) is 19.3. The summed E-state index contributed by atoms with van der Waals surface area (Å²) in [5.74, 6) is -0.536. The van der Waals surface area contributed by atoms with Crippen molar-refractivity contribution in [3.05, 3.63) is 59.7 Å². The summed E-state index contributed by atoms with van der Waals surface area (Å²) in [5.41, 5.74) is 2.65. The molecule has 1 N–H and O–H groups in total. The molecule has 2 aliphatic heterocycles. The highest BCUT2D eigenvalue weighted by molar-refractivity contribution is 7.89. The Balaban J connectivity index is 1.46. The van der Waals surface area contributed by atoms with Gasteiger partial charge in [-0.1, -0.05) is 30.3 Å². The lowest BCUT2D eigenvalue weighted by molar-refractivity contribution is -0.126. The van der Waals surface area contributed by atoms with Gasteiger partial charge in [0.2, 0.25) is 21.8 Å². The third-order valence-corrected chi connectivity index (χ3v) is 8.17. The van der Waals surface area contributed by atoms with Crippen molar-refractivity contribution in [1.82, 2.24) is 9.62 Å². The fraction of sp³-hybridized carbons (Fsp3) is 0.417. The first kappa shape index (κ1) is 22.5. The van der Waals surface area contributed by atoms with Gasteiger partial charge in [0, 0.05) is 38.3 Å². The lowest BCUT2D eigenvalue weighted by Crippen LogP contribution is -2.45. The van der Waals surface area contributed by atoms with Gasteiger partial charge >= 0.3 is 0 Å². The van der Waals surface area contributed by atoms with Crippen LogP contribution >= 0.6 is 0 Å². The van der Waals surface area contributed by atoms with Crippen molar-refractivity contribution in [1.29, 1.82) is 0 Å². The molecule has 0 spiro atoms. The number of anilines is 1. The average molecular weight is 456 g/mol. The minimum atomic E-state index is -3.72. The molecule has 0 unspecified atom stereocenters. The van der Waals surface area contributed by atoms with E-state index in [1.54, 1.807) is 23.1 Å². The fourth-order valence-electron chi connectivity index (χ4n) is 4.70. The zero-order chi connectivity index (χ0) is 22.9. The number of carbonyl (C=O) groups excluding carboxylic acids is 2. The molecule has 0 aliphatic carbocycles. The molecule has 2 atom stereocenters. The molecule has 0 aromatic heterocycles. The number of rotatable bonds is 5. The van der Waals surface area contributed by atoms with Crippen LogP contribution < -0.4 is 10.2 Å². The molecule has 2 aromatic carbocycles. The molecular formula is C24H29N3O4S. The highest BCUT2D eigenvalue weighted by Crippen LogP contribution is 2.35. The number of piperidine rings is 1. The molecule has 2 aliphatic rings. The molecule has 8 heteroatoms. The number of amides is 2. The van der Waals surface area contributed by atoms with E-state index in [-0.39, 0.29) is 35.2 Å². The summed E-state index contributed by atoms with van der Waals surface area (Å²) in [6.07, 6.45) is 1.94. The first-order valence-corrected chi connectivity index (χ1v) is 12.5. The van der Waals surface area contributed by atoms with Crippen LogP contribution in [0.1, 0.15) is 37.8 Å². The smallest absolute Gasteiger partial charge is 0.243 e. The Morgan fingerprint density at radius 3 is 2.59 bits per heavy atom. The van der Waals surface area contributed by atoms with Crippen LogP contribution in [0.25, 0.3) is 0 Å². The Morgan fingerprint density at radius 1 is 1.12 bits per heavy atom. The number of fused-ring (bicyclic) bond motifs is 1. The van der Waals surface area contributed by atoms with Crippen molar-refractivity contribution in [2.75, 3.05) is 18.0 Å². The van der Waals surface area contributed by atoms with Crippen molar-refractivity contribution in [3.8, 4) is 0 Å². The number of benzene rings is 2. The second-order valence-electron chi connectivity index (χ2n) is 8.64. The predicted octanol–water partition coefficient (Wildman–Crippen LogP) is 2.70. The first-order chi connectivity index (χ1) is 15.3. The lowest BCUT2D eigenvalue weighted by Gasteiger charge is -2.31. The minimum Gasteiger partial charge on any atom is -0.352 e. The Kier molecular flexibility index (Phi) is 6.35. The molecule has 2 amide bonds. The Hall–Kier alpha value is -2.71. The van der Waals surface area contributed by atoms with E-state index in [1.807, 2.05) is 37.3 Å². The van der Waals surface area contributed by atoms with Crippen LogP contribution in [0.15, 0.2) is 53.4 Å². The van der Waals surface area contributed by atoms with Gasteiger partial charge in [-0.15, -0.1) is 0 Å². The van der Waals surface area contributed by atoms with Crippen molar-refractivity contribution in [2.45, 2.75) is 50.6 Å². The Morgan fingerprint density at radius 2 is 1.88 bits per heavy atom. The zero-order valence-electron chi connectivity index (χ0n) is 18.5. The van der Waals surface area contributed by atoms with E-state index in [9.17, 15) is 18.0 Å². The largest absolute Gasteiger partial charge is 0.352 e. The summed E-state index contributed by atoms with van der Waals surface area (Å²) in [5, 5.41) is 2.94. The third-order valence-electron chi connectivity index (χ3n) is 6.31. The van der Waals surface area contributed by atoms with Crippen molar-refractivity contribution in [3.63, 3.8) is 0 Å². The molecule has 170 valence electrons. The van der Waals surface area contributed by atoms with Gasteiger partial charge in [0.25, 0.3) is 0 Å². The summed E-state index contributed by atoms with van der Waals surface area (Å²) in [4.78, 5) is 26.6. The Bertz CT molecular complexity index is 1120. The van der Waals surface area contributed by atoms with Gasteiger partial charge in [-0.25, -0.2) is 8.42 Å². The highest BCUT2D eigenvalue weighted by Gasteiger charge is 2.35. The normalized spacial score (nSPS) is 21.2. The van der Waals surface area contributed by atoms with Gasteiger partial charge in [0.05, 0.1) is 10.8 Å². The fourth-order valence-corrected chi connectivity index (χ4v) is 6.28. The van der Waals surface area contributed by atoms with Crippen LogP contribution in [-0.2, 0) is 32.6 Å². The number of hydrogen-bond donors (Lipinski definition) is 1. The molecule has 0 bridgehead atoms. The summed E-state index contributed by atoms with van der Waals surface area (Å²) in [6.45, 7) is 4.48. The third kappa shape index (κ3) is 4.42. The summed E-state index contributed by atoms with van der Waals surface area (Å²) >= 11 is 0. The molecule has 7 nitrogen and oxygen atoms in total. The van der Waals surface area contributed by atoms with E-state index in [4.69, 9.17) is 0 Å². The molecular weight excluding hydrogens is 426 g/mol. The van der Waals surface area contributed by atoms with Crippen LogP contribution in [0.3, 0.4) is 0 Å². The van der Waals surface area contributed by atoms with Crippen molar-refractivity contribution in [2.24, 2.45) is 5.92 Å². The van der Waals surface area contributed by atoms with Crippen molar-refractivity contribution < 1.29 is 18.0 Å². The first-order valence-electron chi connectivity index (χ1n) is 11.0. The maximum atomic E-state index is 13.3. The van der Waals surface area contributed by atoms with Crippen LogP contribution in [-0.4, -0.2) is 43.7 Å². The van der Waals surface area contributed by atoms with Crippen molar-refractivity contribution >= 4 is 27.5 Å². The lowest BCUT2D eigenvalue weighted by atomic mass is 9.99. The van der Waals surface area contributed by atoms with Gasteiger partial charge in [0.1, 0.15) is 0 Å². The van der Waals surface area contributed by atoms with Gasteiger partial charge in [0.15, 0.2) is 0 Å². The van der Waals surface area contributed by atoms with Crippen LogP contribution in [0.5, 0.6) is 0 Å². The predicted molar refractivity (Wildman–Crippen MR) is 123 cm³/mol. The summed E-state index contributed by atoms with van der Waals surface area (Å²) in [6, 6.07) is 14.6. The standard InChI is InChI=1S/C24H29N3O4S/c1-17-13-21-14-22(10-11-23(21)27(17)18(2)28)32(30,31)26-12-6-9-20(16-26)24(29)25-15-19-7-4-3-5-8-19/h3-5,7-8,10-11,14,17,20H,6,9,12-13,15-16H2,1-2H3,(H,25,29)/t17-,20-/m0/s1. The van der Waals surface area contributed by atoms with Crippen LogP contribution in [0.4, 0.5) is 5.69 Å². The van der Waals surface area contributed by atoms with Gasteiger partial charge in [-0.3, -0.25) is 9.59 Å². The second-order valence-corrected chi connectivity index (χ2v) is 10.6. The monoisotopic (exact) mass is 455 g/mol. The van der Waals surface area contributed by atoms with E-state index < -0.39 is 10.0 Å². The molecule has 32 heavy (non-hydrogen) atoms. The number of hydrogen-bond acceptors (Lipinski definition) is 4. The summed E-state index contributed by atoms with van der Waals surface area (Å²) < 4.78 is 28.1. The number of carbonyl (C=O) groups is 2. The molecule has 2 heterocycles. The number of nitrogens with zero attached hydrogens (tertiary/aromatic N) is 2. The number of nitrogens with one attached hydrogen (secondary N) is 1. The number of sulfonamides is 1. The van der Waals surface area contributed by atoms with E-state index in [1.165, 1.54) is 11.2 Å². The van der Waals surface area contributed by atoms with Crippen LogP contribution in [0.2, 0.25) is 0 Å². The molecule has 1 fully saturated rings. The van der Waals surface area contributed by atoms with E-state index in [2.05, 4.69) is 5.32 Å². The Labute approximate surface area is 189 Å². The van der Waals surface area contributed by atoms with E-state index >= 15 is 0 Å². The second kappa shape index (κ2) is 9.03. The SMILES string of the molecule is CC(=O)N1c2ccc(S(=O)(=O)N3CCC[C@H](C(=O)NCc4ccccc4)C3)cc2C[C@@H]1C. The molecule has 2 aromatic rings. The van der Waals surface area contributed by atoms with E-state index in [0.717, 1.165) is 16.8 Å². The molecule has 4 rings (SSSR count). The molecule has 1 saturated heterocycles. The van der Waals surface area contributed by atoms with Gasteiger partial charge < -0.3 is 10.2 Å².